The number of aromatic amines is 2. The fraction of sp³-hybridized carbons (Fsp3) is 0.353. The first-order chi connectivity index (χ1) is 12.0. The molecule has 0 saturated carbocycles. The Balaban J connectivity index is 1.85. The fourth-order valence-electron chi connectivity index (χ4n) is 2.82. The molecule has 0 radical (unpaired) electrons. The minimum atomic E-state index is -0.741. The molecule has 1 fully saturated rings. The van der Waals surface area contributed by atoms with E-state index in [1.165, 1.54) is 17.0 Å². The van der Waals surface area contributed by atoms with E-state index in [2.05, 4.69) is 4.98 Å². The van der Waals surface area contributed by atoms with Gasteiger partial charge in [-0.25, -0.2) is 9.18 Å². The monoisotopic (exact) mass is 347 g/mol. The van der Waals surface area contributed by atoms with Crippen LogP contribution in [0.1, 0.15) is 28.9 Å². The van der Waals surface area contributed by atoms with Crippen LogP contribution in [0.2, 0.25) is 0 Å². The molecular weight excluding hydrogens is 329 g/mol. The molecule has 1 aliphatic heterocycles. The van der Waals surface area contributed by atoms with E-state index >= 15 is 0 Å². The number of nitrogens with zero attached hydrogens (tertiary/aromatic N) is 1. The first kappa shape index (κ1) is 17.1. The smallest absolute Gasteiger partial charge is 0.326 e. The lowest BCUT2D eigenvalue weighted by Crippen LogP contribution is -2.39. The highest BCUT2D eigenvalue weighted by Crippen LogP contribution is 2.16. The van der Waals surface area contributed by atoms with Crippen molar-refractivity contribution in [2.75, 3.05) is 13.2 Å². The zero-order valence-corrected chi connectivity index (χ0v) is 13.5. The molecule has 0 aliphatic carbocycles. The lowest BCUT2D eigenvalue weighted by atomic mass is 10.1. The summed E-state index contributed by atoms with van der Waals surface area (Å²) in [6, 6.07) is 6.87. The predicted octanol–water partition coefficient (Wildman–Crippen LogP) is 1.02. The average Bonchev–Trinajstić information content (AvgIpc) is 3.08. The van der Waals surface area contributed by atoms with E-state index in [1.807, 2.05) is 4.98 Å². The van der Waals surface area contributed by atoms with Gasteiger partial charge in [-0.2, -0.15) is 0 Å². The van der Waals surface area contributed by atoms with Gasteiger partial charge in [-0.15, -0.1) is 0 Å². The molecule has 2 N–H and O–H groups in total. The van der Waals surface area contributed by atoms with Crippen LogP contribution in [-0.2, 0) is 11.3 Å². The molecule has 25 heavy (non-hydrogen) atoms. The summed E-state index contributed by atoms with van der Waals surface area (Å²) >= 11 is 0. The van der Waals surface area contributed by atoms with E-state index < -0.39 is 17.2 Å². The number of rotatable bonds is 5. The fourth-order valence-corrected chi connectivity index (χ4v) is 2.82. The second kappa shape index (κ2) is 7.43. The maximum Gasteiger partial charge on any atom is 0.326 e. The van der Waals surface area contributed by atoms with E-state index in [0.29, 0.717) is 13.2 Å². The van der Waals surface area contributed by atoms with Crippen LogP contribution in [-0.4, -0.2) is 40.0 Å². The van der Waals surface area contributed by atoms with Gasteiger partial charge in [0, 0.05) is 25.8 Å². The zero-order chi connectivity index (χ0) is 17.8. The molecule has 2 aromatic rings. The number of nitrogens with one attached hydrogen (secondary N) is 2. The predicted molar refractivity (Wildman–Crippen MR) is 87.8 cm³/mol. The molecule has 1 aromatic heterocycles. The number of benzene rings is 1. The van der Waals surface area contributed by atoms with Crippen molar-refractivity contribution >= 4 is 5.91 Å². The lowest BCUT2D eigenvalue weighted by molar-refractivity contribution is 0.0502. The summed E-state index contributed by atoms with van der Waals surface area (Å²) in [5.74, 6) is -0.845. The van der Waals surface area contributed by atoms with Crippen molar-refractivity contribution in [2.24, 2.45) is 0 Å². The highest BCUT2D eigenvalue weighted by Gasteiger charge is 2.24. The molecule has 7 nitrogen and oxygen atoms in total. The summed E-state index contributed by atoms with van der Waals surface area (Å²) < 4.78 is 18.7. The standard InChI is InChI=1S/C17H18FN3O4/c18-12-5-3-11(4-6-12)9-21(10-13-2-1-7-25-13)16(23)14-8-15(22)20-17(24)19-14/h3-6,8,13H,1-2,7,9-10H2,(H2,19,20,22,24)/t13-/m0/s1. The van der Waals surface area contributed by atoms with Crippen LogP contribution in [0.3, 0.4) is 0 Å². The van der Waals surface area contributed by atoms with Crippen molar-refractivity contribution in [3.05, 3.63) is 68.2 Å². The molecule has 132 valence electrons. The van der Waals surface area contributed by atoms with Crippen molar-refractivity contribution in [3.8, 4) is 0 Å². The molecule has 2 heterocycles. The van der Waals surface area contributed by atoms with E-state index in [1.54, 1.807) is 12.1 Å². The largest absolute Gasteiger partial charge is 0.376 e. The third-order valence-corrected chi connectivity index (χ3v) is 4.01. The number of hydrogen-bond donors (Lipinski definition) is 2. The Morgan fingerprint density at radius 2 is 2.00 bits per heavy atom. The maximum atomic E-state index is 13.1. The normalized spacial score (nSPS) is 16.8. The van der Waals surface area contributed by atoms with E-state index in [-0.39, 0.29) is 24.2 Å². The summed E-state index contributed by atoms with van der Waals surface area (Å²) in [6.07, 6.45) is 1.66. The minimum absolute atomic E-state index is 0.0890. The van der Waals surface area contributed by atoms with Crippen LogP contribution >= 0.6 is 0 Å². The molecule has 3 rings (SSSR count). The topological polar surface area (TPSA) is 95.3 Å². The molecule has 1 aliphatic rings. The molecule has 0 unspecified atom stereocenters. The quantitative estimate of drug-likeness (QED) is 0.844. The summed E-state index contributed by atoms with van der Waals surface area (Å²) in [6.45, 7) is 1.18. The highest BCUT2D eigenvalue weighted by atomic mass is 19.1. The number of ether oxygens (including phenoxy) is 1. The third-order valence-electron chi connectivity index (χ3n) is 4.01. The van der Waals surface area contributed by atoms with Crippen LogP contribution in [0.25, 0.3) is 0 Å². The maximum absolute atomic E-state index is 13.1. The van der Waals surface area contributed by atoms with Gasteiger partial charge in [0.1, 0.15) is 11.5 Å². The van der Waals surface area contributed by atoms with Gasteiger partial charge in [-0.05, 0) is 30.5 Å². The first-order valence-electron chi connectivity index (χ1n) is 8.00. The van der Waals surface area contributed by atoms with E-state index in [9.17, 15) is 18.8 Å². The average molecular weight is 347 g/mol. The van der Waals surface area contributed by atoms with Crippen LogP contribution in [0.15, 0.2) is 39.9 Å². The molecule has 8 heteroatoms. The molecule has 1 amide bonds. The molecule has 1 atom stereocenters. The number of halogens is 1. The van der Waals surface area contributed by atoms with Crippen molar-refractivity contribution in [1.82, 2.24) is 14.9 Å². The highest BCUT2D eigenvalue weighted by molar-refractivity contribution is 5.92. The number of H-pyrrole nitrogens is 2. The zero-order valence-electron chi connectivity index (χ0n) is 13.5. The third kappa shape index (κ3) is 4.42. The van der Waals surface area contributed by atoms with Crippen LogP contribution in [0.5, 0.6) is 0 Å². The van der Waals surface area contributed by atoms with Crippen molar-refractivity contribution in [1.29, 1.82) is 0 Å². The Bertz CT molecular complexity index is 825. The Morgan fingerprint density at radius 1 is 1.24 bits per heavy atom. The Labute approximate surface area is 142 Å². The van der Waals surface area contributed by atoms with E-state index in [4.69, 9.17) is 4.74 Å². The summed E-state index contributed by atoms with van der Waals surface area (Å²) in [4.78, 5) is 41.5. The SMILES string of the molecule is O=C(c1cc(=O)[nH]c(=O)[nH]1)N(Cc1ccc(F)cc1)C[C@@H]1CCCO1. The molecule has 0 spiro atoms. The molecular formula is C17H18FN3O4. The number of hydrogen-bond acceptors (Lipinski definition) is 4. The summed E-state index contributed by atoms with van der Waals surface area (Å²) in [5.41, 5.74) is -0.741. The van der Waals surface area contributed by atoms with Crippen molar-refractivity contribution in [2.45, 2.75) is 25.5 Å². The van der Waals surface area contributed by atoms with Crippen LogP contribution in [0, 0.1) is 5.82 Å². The van der Waals surface area contributed by atoms with Gasteiger partial charge in [0.05, 0.1) is 6.10 Å². The Kier molecular flexibility index (Phi) is 5.08. The van der Waals surface area contributed by atoms with Crippen LogP contribution in [0.4, 0.5) is 4.39 Å². The number of carbonyl (C=O) groups is 1. The Morgan fingerprint density at radius 3 is 2.64 bits per heavy atom. The minimum Gasteiger partial charge on any atom is -0.376 e. The van der Waals surface area contributed by atoms with Gasteiger partial charge in [0.25, 0.3) is 11.5 Å². The number of aromatic nitrogens is 2. The number of amides is 1. The summed E-state index contributed by atoms with van der Waals surface area (Å²) in [5, 5.41) is 0. The van der Waals surface area contributed by atoms with Crippen molar-refractivity contribution in [3.63, 3.8) is 0 Å². The van der Waals surface area contributed by atoms with Gasteiger partial charge in [-0.1, -0.05) is 12.1 Å². The van der Waals surface area contributed by atoms with Gasteiger partial charge in [0.15, 0.2) is 0 Å². The van der Waals surface area contributed by atoms with Gasteiger partial charge in [0.2, 0.25) is 0 Å². The molecule has 1 saturated heterocycles. The second-order valence-corrected chi connectivity index (χ2v) is 5.95. The second-order valence-electron chi connectivity index (χ2n) is 5.95. The summed E-state index contributed by atoms with van der Waals surface area (Å²) in [7, 11) is 0. The molecule has 1 aromatic carbocycles. The van der Waals surface area contributed by atoms with Crippen molar-refractivity contribution < 1.29 is 13.9 Å². The molecule has 0 bridgehead atoms. The van der Waals surface area contributed by atoms with Gasteiger partial charge >= 0.3 is 5.69 Å². The van der Waals surface area contributed by atoms with Crippen LogP contribution < -0.4 is 11.2 Å². The lowest BCUT2D eigenvalue weighted by Gasteiger charge is -2.25. The Hall–Kier alpha value is -2.74. The first-order valence-corrected chi connectivity index (χ1v) is 8.00. The van der Waals surface area contributed by atoms with Gasteiger partial charge in [-0.3, -0.25) is 14.6 Å². The number of carbonyl (C=O) groups excluding carboxylic acids is 1. The van der Waals surface area contributed by atoms with Gasteiger partial charge < -0.3 is 14.6 Å². The van der Waals surface area contributed by atoms with E-state index in [0.717, 1.165) is 24.5 Å².